The molecule has 1 heterocycles. The number of aromatic nitrogens is 1. The van der Waals surface area contributed by atoms with E-state index in [2.05, 4.69) is 24.2 Å². The topological polar surface area (TPSA) is 48.1 Å². The Morgan fingerprint density at radius 1 is 1.29 bits per heavy atom. The minimum atomic E-state index is 0.00391. The Morgan fingerprint density at radius 2 is 2.00 bits per heavy atom. The summed E-state index contributed by atoms with van der Waals surface area (Å²) in [7, 11) is 0. The van der Waals surface area contributed by atoms with Gasteiger partial charge in [-0.05, 0) is 37.2 Å². The molecule has 1 aromatic carbocycles. The van der Waals surface area contributed by atoms with Gasteiger partial charge in [-0.3, -0.25) is 0 Å². The van der Waals surface area contributed by atoms with E-state index in [1.54, 1.807) is 11.3 Å². The van der Waals surface area contributed by atoms with E-state index in [-0.39, 0.29) is 5.41 Å². The summed E-state index contributed by atoms with van der Waals surface area (Å²) in [5, 5.41) is 3.97. The standard InChI is InChI=1S/C16H21ClN2OS/c1-16(2,15-19-13(7-9-18)11-21-15)8-10-20-14-5-3-12(17)4-6-14/h3-6,11H,7-10,18H2,1-2H3. The monoisotopic (exact) mass is 324 g/mol. The Kier molecular flexibility index (Phi) is 5.62. The molecule has 0 aliphatic rings. The zero-order chi connectivity index (χ0) is 15.3. The van der Waals surface area contributed by atoms with E-state index >= 15 is 0 Å². The summed E-state index contributed by atoms with van der Waals surface area (Å²) in [4.78, 5) is 4.67. The fourth-order valence-corrected chi connectivity index (χ4v) is 3.08. The van der Waals surface area contributed by atoms with Crippen LogP contribution in [0.2, 0.25) is 5.02 Å². The molecule has 0 aliphatic heterocycles. The van der Waals surface area contributed by atoms with Gasteiger partial charge in [0.1, 0.15) is 5.75 Å². The SMILES string of the molecule is CC(C)(CCOc1ccc(Cl)cc1)c1nc(CCN)cs1. The molecular formula is C16H21ClN2OS. The summed E-state index contributed by atoms with van der Waals surface area (Å²) in [6.07, 6.45) is 1.75. The van der Waals surface area contributed by atoms with Gasteiger partial charge in [0.25, 0.3) is 0 Å². The molecule has 0 radical (unpaired) electrons. The van der Waals surface area contributed by atoms with Gasteiger partial charge in [0.05, 0.1) is 17.3 Å². The molecule has 1 aromatic heterocycles. The predicted molar refractivity (Wildman–Crippen MR) is 89.5 cm³/mol. The molecule has 0 bridgehead atoms. The third-order valence-corrected chi connectivity index (χ3v) is 4.85. The van der Waals surface area contributed by atoms with Gasteiger partial charge < -0.3 is 10.5 Å². The van der Waals surface area contributed by atoms with E-state index in [1.165, 1.54) is 0 Å². The molecule has 5 heteroatoms. The maximum absolute atomic E-state index is 5.85. The van der Waals surface area contributed by atoms with Gasteiger partial charge in [-0.1, -0.05) is 25.4 Å². The highest BCUT2D eigenvalue weighted by Crippen LogP contribution is 2.30. The summed E-state index contributed by atoms with van der Waals surface area (Å²) >= 11 is 7.56. The molecule has 3 nitrogen and oxygen atoms in total. The zero-order valence-electron chi connectivity index (χ0n) is 12.4. The minimum Gasteiger partial charge on any atom is -0.494 e. The number of nitrogens with zero attached hydrogens (tertiary/aromatic N) is 1. The van der Waals surface area contributed by atoms with E-state index in [9.17, 15) is 0 Å². The normalized spacial score (nSPS) is 11.6. The molecule has 0 saturated carbocycles. The molecule has 2 N–H and O–H groups in total. The van der Waals surface area contributed by atoms with E-state index in [0.717, 1.165) is 34.3 Å². The van der Waals surface area contributed by atoms with Gasteiger partial charge in [-0.15, -0.1) is 11.3 Å². The smallest absolute Gasteiger partial charge is 0.119 e. The number of rotatable bonds is 7. The summed E-state index contributed by atoms with van der Waals surface area (Å²) in [5.41, 5.74) is 6.66. The summed E-state index contributed by atoms with van der Waals surface area (Å²) in [6.45, 7) is 5.69. The number of nitrogens with two attached hydrogens (primary N) is 1. The van der Waals surface area contributed by atoms with Gasteiger partial charge in [0.15, 0.2) is 0 Å². The van der Waals surface area contributed by atoms with Crippen molar-refractivity contribution < 1.29 is 4.74 Å². The highest BCUT2D eigenvalue weighted by Gasteiger charge is 2.24. The highest BCUT2D eigenvalue weighted by atomic mass is 35.5. The number of halogens is 1. The molecule has 2 aromatic rings. The Bertz CT molecular complexity index is 566. The zero-order valence-corrected chi connectivity index (χ0v) is 14.0. The van der Waals surface area contributed by atoms with Crippen molar-refractivity contribution in [2.45, 2.75) is 32.1 Å². The van der Waals surface area contributed by atoms with Crippen LogP contribution in [0, 0.1) is 0 Å². The van der Waals surface area contributed by atoms with Crippen LogP contribution >= 0.6 is 22.9 Å². The van der Waals surface area contributed by atoms with Crippen LogP contribution in [0.3, 0.4) is 0 Å². The molecule has 2 rings (SSSR count). The number of benzene rings is 1. The minimum absolute atomic E-state index is 0.00391. The average Bonchev–Trinajstić information content (AvgIpc) is 2.91. The molecule has 0 aliphatic carbocycles. The maximum atomic E-state index is 5.85. The first-order chi connectivity index (χ1) is 10.0. The molecule has 0 amide bonds. The van der Waals surface area contributed by atoms with E-state index in [4.69, 9.17) is 22.1 Å². The summed E-state index contributed by atoms with van der Waals surface area (Å²) < 4.78 is 5.77. The van der Waals surface area contributed by atoms with Crippen molar-refractivity contribution in [3.63, 3.8) is 0 Å². The van der Waals surface area contributed by atoms with Crippen LogP contribution in [0.1, 0.15) is 31.0 Å². The molecular weight excluding hydrogens is 304 g/mol. The molecule has 21 heavy (non-hydrogen) atoms. The third-order valence-electron chi connectivity index (χ3n) is 3.34. The molecule has 0 unspecified atom stereocenters. The molecule has 0 spiro atoms. The molecule has 0 atom stereocenters. The van der Waals surface area contributed by atoms with Crippen LogP contribution in [0.5, 0.6) is 5.75 Å². The van der Waals surface area contributed by atoms with E-state index in [1.807, 2.05) is 24.3 Å². The van der Waals surface area contributed by atoms with Crippen molar-refractivity contribution in [2.75, 3.05) is 13.2 Å². The van der Waals surface area contributed by atoms with Gasteiger partial charge in [-0.25, -0.2) is 4.98 Å². The number of hydrogen-bond acceptors (Lipinski definition) is 4. The fraction of sp³-hybridized carbons (Fsp3) is 0.438. The van der Waals surface area contributed by atoms with Crippen molar-refractivity contribution in [3.8, 4) is 5.75 Å². The Morgan fingerprint density at radius 3 is 2.67 bits per heavy atom. The first-order valence-electron chi connectivity index (χ1n) is 7.04. The second-order valence-corrected chi connectivity index (χ2v) is 6.91. The van der Waals surface area contributed by atoms with E-state index in [0.29, 0.717) is 13.2 Å². The largest absolute Gasteiger partial charge is 0.494 e. The van der Waals surface area contributed by atoms with Gasteiger partial charge in [-0.2, -0.15) is 0 Å². The average molecular weight is 325 g/mol. The van der Waals surface area contributed by atoms with Crippen molar-refractivity contribution in [2.24, 2.45) is 5.73 Å². The molecule has 114 valence electrons. The van der Waals surface area contributed by atoms with Crippen molar-refractivity contribution >= 4 is 22.9 Å². The van der Waals surface area contributed by atoms with Crippen LogP contribution in [0.25, 0.3) is 0 Å². The number of hydrogen-bond donors (Lipinski definition) is 1. The number of thiazole rings is 1. The second kappa shape index (κ2) is 7.25. The maximum Gasteiger partial charge on any atom is 0.119 e. The molecule has 0 saturated heterocycles. The molecule has 0 fully saturated rings. The quantitative estimate of drug-likeness (QED) is 0.836. The first kappa shape index (κ1) is 16.3. The lowest BCUT2D eigenvalue weighted by atomic mass is 9.90. The third kappa shape index (κ3) is 4.70. The first-order valence-corrected chi connectivity index (χ1v) is 8.30. The van der Waals surface area contributed by atoms with Crippen molar-refractivity contribution in [3.05, 3.63) is 45.4 Å². The fourth-order valence-electron chi connectivity index (χ4n) is 1.94. The van der Waals surface area contributed by atoms with Crippen LogP contribution < -0.4 is 10.5 Å². The lowest BCUT2D eigenvalue weighted by Crippen LogP contribution is -2.20. The van der Waals surface area contributed by atoms with Gasteiger partial charge in [0, 0.05) is 22.2 Å². The van der Waals surface area contributed by atoms with Gasteiger partial charge in [0.2, 0.25) is 0 Å². The Labute approximate surface area is 135 Å². The highest BCUT2D eigenvalue weighted by molar-refractivity contribution is 7.09. The Balaban J connectivity index is 1.89. The van der Waals surface area contributed by atoms with E-state index < -0.39 is 0 Å². The van der Waals surface area contributed by atoms with Gasteiger partial charge >= 0.3 is 0 Å². The number of ether oxygens (including phenoxy) is 1. The lowest BCUT2D eigenvalue weighted by molar-refractivity contribution is 0.272. The lowest BCUT2D eigenvalue weighted by Gasteiger charge is -2.22. The van der Waals surface area contributed by atoms with Crippen molar-refractivity contribution in [1.29, 1.82) is 0 Å². The van der Waals surface area contributed by atoms with Crippen LogP contribution in [-0.4, -0.2) is 18.1 Å². The van der Waals surface area contributed by atoms with Crippen LogP contribution in [0.4, 0.5) is 0 Å². The van der Waals surface area contributed by atoms with Crippen molar-refractivity contribution in [1.82, 2.24) is 4.98 Å². The van der Waals surface area contributed by atoms with Crippen LogP contribution in [0.15, 0.2) is 29.6 Å². The summed E-state index contributed by atoms with van der Waals surface area (Å²) in [6, 6.07) is 7.44. The van der Waals surface area contributed by atoms with Crippen LogP contribution in [-0.2, 0) is 11.8 Å². The second-order valence-electron chi connectivity index (χ2n) is 5.62. The predicted octanol–water partition coefficient (Wildman–Crippen LogP) is 4.04. The summed E-state index contributed by atoms with van der Waals surface area (Å²) in [5.74, 6) is 0.846. The Hall–Kier alpha value is -1.10.